The third kappa shape index (κ3) is 6.84. The van der Waals surface area contributed by atoms with Crippen LogP contribution in [-0.4, -0.2) is 27.9 Å². The van der Waals surface area contributed by atoms with Gasteiger partial charge in [-0.2, -0.15) is 13.2 Å². The molecule has 0 aliphatic heterocycles. The lowest BCUT2D eigenvalue weighted by molar-refractivity contribution is -0.137. The van der Waals surface area contributed by atoms with Crippen LogP contribution in [0.5, 0.6) is 0 Å². The Kier molecular flexibility index (Phi) is 8.58. The van der Waals surface area contributed by atoms with Crippen LogP contribution in [0, 0.1) is 11.7 Å². The Morgan fingerprint density at radius 2 is 1.63 bits per heavy atom. The molecule has 0 aromatic heterocycles. The average Bonchev–Trinajstić information content (AvgIpc) is 2.82. The van der Waals surface area contributed by atoms with Gasteiger partial charge < -0.3 is 9.87 Å². The average molecular weight is 507 g/mol. The second kappa shape index (κ2) is 11.2. The number of amides is 1. The van der Waals surface area contributed by atoms with Crippen LogP contribution in [0.15, 0.2) is 77.7 Å². The van der Waals surface area contributed by atoms with Gasteiger partial charge >= 0.3 is 6.18 Å². The van der Waals surface area contributed by atoms with E-state index in [1.165, 1.54) is 40.7 Å². The zero-order valence-corrected chi connectivity index (χ0v) is 20.3. The number of nitrogens with zero attached hydrogens (tertiary/aromatic N) is 1. The number of hydrogen-bond acceptors (Lipinski definition) is 3. The van der Waals surface area contributed by atoms with Crippen molar-refractivity contribution in [1.29, 1.82) is 0 Å². The molecular formula is C26H26F4N2O2S. The molecule has 2 atom stereocenters. The minimum Gasteiger partial charge on any atom is -0.593 e. The molecule has 4 nitrogen and oxygen atoms in total. The fraction of sp³-hybridized carbons (Fsp3) is 0.269. The van der Waals surface area contributed by atoms with Crippen molar-refractivity contribution >= 4 is 17.3 Å². The van der Waals surface area contributed by atoms with Crippen molar-refractivity contribution in [2.24, 2.45) is 5.92 Å². The third-order valence-corrected chi connectivity index (χ3v) is 6.93. The highest BCUT2D eigenvalue weighted by Crippen LogP contribution is 2.31. The van der Waals surface area contributed by atoms with E-state index in [9.17, 15) is 26.9 Å². The molecular weight excluding hydrogens is 480 g/mol. The Hall–Kier alpha value is -2.88. The van der Waals surface area contributed by atoms with Crippen molar-refractivity contribution in [1.82, 2.24) is 9.62 Å². The van der Waals surface area contributed by atoms with Gasteiger partial charge in [0.05, 0.1) is 16.9 Å². The number of likely N-dealkylation sites (N-methyl/N-ethyl adjacent to an activating group) is 1. The number of hydrogen-bond donors (Lipinski definition) is 1. The molecule has 0 spiro atoms. The number of alkyl halides is 3. The fourth-order valence-electron chi connectivity index (χ4n) is 3.71. The van der Waals surface area contributed by atoms with Crippen LogP contribution < -0.4 is 5.32 Å². The molecule has 186 valence electrons. The van der Waals surface area contributed by atoms with Crippen molar-refractivity contribution in [2.45, 2.75) is 37.5 Å². The number of rotatable bonds is 8. The lowest BCUT2D eigenvalue weighted by Gasteiger charge is -2.30. The number of carbonyl (C=O) groups is 1. The van der Waals surface area contributed by atoms with E-state index >= 15 is 0 Å². The zero-order valence-electron chi connectivity index (χ0n) is 19.5. The molecule has 0 heterocycles. The van der Waals surface area contributed by atoms with E-state index in [4.69, 9.17) is 0 Å². The highest BCUT2D eigenvalue weighted by Gasteiger charge is 2.35. The van der Waals surface area contributed by atoms with Gasteiger partial charge in [-0.05, 0) is 65.1 Å². The largest absolute Gasteiger partial charge is 0.593 e. The quantitative estimate of drug-likeness (QED) is 0.310. The van der Waals surface area contributed by atoms with Crippen LogP contribution in [0.2, 0.25) is 0 Å². The van der Waals surface area contributed by atoms with Crippen LogP contribution >= 0.6 is 0 Å². The van der Waals surface area contributed by atoms with E-state index in [0.717, 1.165) is 23.3 Å². The second-order valence-electron chi connectivity index (χ2n) is 8.43. The molecule has 0 aliphatic rings. The smallest absolute Gasteiger partial charge is 0.416 e. The van der Waals surface area contributed by atoms with Crippen LogP contribution in [0.1, 0.15) is 25.0 Å². The van der Waals surface area contributed by atoms with Gasteiger partial charge in [0.15, 0.2) is 4.90 Å². The molecule has 0 fully saturated rings. The van der Waals surface area contributed by atoms with Gasteiger partial charge in [0.2, 0.25) is 5.91 Å². The number of nitrogens with one attached hydrogen (secondary N) is 1. The Bertz CT molecular complexity index is 1140. The lowest BCUT2D eigenvalue weighted by Crippen LogP contribution is -2.50. The van der Waals surface area contributed by atoms with E-state index in [1.807, 2.05) is 13.8 Å². The summed E-state index contributed by atoms with van der Waals surface area (Å²) in [6, 6.07) is 16.6. The molecule has 0 saturated heterocycles. The van der Waals surface area contributed by atoms with Crippen molar-refractivity contribution in [2.75, 3.05) is 7.05 Å². The standard InChI is InChI=1S/C26H26F4N2O2S/c1-17(2)24(32(3)35(34)23-13-11-22(27)12-14-23)25(33)31-16-18-5-4-6-20(15-18)19-7-9-21(10-8-19)26(28,29)30/h4-15,17,24H,16H2,1-3H3,(H,31,33)/t24-,35?/m0/s1. The minimum atomic E-state index is -4.40. The van der Waals surface area contributed by atoms with Crippen molar-refractivity contribution in [3.05, 3.63) is 89.7 Å². The molecule has 0 aliphatic carbocycles. The van der Waals surface area contributed by atoms with Gasteiger partial charge in [0.1, 0.15) is 11.9 Å². The molecule has 0 bridgehead atoms. The number of carbonyl (C=O) groups excluding carboxylic acids is 1. The fourth-order valence-corrected chi connectivity index (χ4v) is 4.96. The molecule has 0 saturated carbocycles. The van der Waals surface area contributed by atoms with Crippen LogP contribution in [0.3, 0.4) is 0 Å². The van der Waals surface area contributed by atoms with E-state index in [-0.39, 0.29) is 18.4 Å². The monoisotopic (exact) mass is 506 g/mol. The maximum atomic E-state index is 13.2. The predicted octanol–water partition coefficient (Wildman–Crippen LogP) is 5.81. The highest BCUT2D eigenvalue weighted by molar-refractivity contribution is 7.89. The lowest BCUT2D eigenvalue weighted by atomic mass is 10.0. The topological polar surface area (TPSA) is 55.4 Å². The minimum absolute atomic E-state index is 0.164. The summed E-state index contributed by atoms with van der Waals surface area (Å²) in [4.78, 5) is 13.4. The molecule has 0 radical (unpaired) electrons. The zero-order chi connectivity index (χ0) is 25.8. The first-order valence-electron chi connectivity index (χ1n) is 10.9. The number of benzene rings is 3. The normalized spacial score (nSPS) is 13.7. The van der Waals surface area contributed by atoms with Crippen LogP contribution in [-0.2, 0) is 28.9 Å². The third-order valence-electron chi connectivity index (χ3n) is 5.51. The molecule has 1 N–H and O–H groups in total. The first kappa shape index (κ1) is 26.7. The molecule has 1 unspecified atom stereocenters. The Balaban J connectivity index is 1.69. The molecule has 1 amide bonds. The first-order chi connectivity index (χ1) is 16.5. The van der Waals surface area contributed by atoms with E-state index in [2.05, 4.69) is 5.32 Å². The van der Waals surface area contributed by atoms with Gasteiger partial charge in [0, 0.05) is 13.6 Å². The van der Waals surface area contributed by atoms with Crippen molar-refractivity contribution in [3.8, 4) is 11.1 Å². The first-order valence-corrected chi connectivity index (χ1v) is 12.0. The summed E-state index contributed by atoms with van der Waals surface area (Å²) in [5.41, 5.74) is 1.40. The summed E-state index contributed by atoms with van der Waals surface area (Å²) >= 11 is -1.67. The maximum Gasteiger partial charge on any atom is 0.416 e. The van der Waals surface area contributed by atoms with Gasteiger partial charge in [-0.1, -0.05) is 44.2 Å². The predicted molar refractivity (Wildman–Crippen MR) is 128 cm³/mol. The summed E-state index contributed by atoms with van der Waals surface area (Å²) in [6.07, 6.45) is -4.40. The van der Waals surface area contributed by atoms with Gasteiger partial charge in [0.25, 0.3) is 0 Å². The van der Waals surface area contributed by atoms with E-state index < -0.39 is 35.0 Å². The Labute approximate surface area is 205 Å². The van der Waals surface area contributed by atoms with Crippen LogP contribution in [0.4, 0.5) is 17.6 Å². The van der Waals surface area contributed by atoms with Crippen molar-refractivity contribution in [3.63, 3.8) is 0 Å². The SMILES string of the molecule is CC(C)[C@@H](C(=O)NCc1cccc(-c2ccc(C(F)(F)F)cc2)c1)N(C)[S+]([O-])c1ccc(F)cc1. The highest BCUT2D eigenvalue weighted by atomic mass is 32.2. The summed E-state index contributed by atoms with van der Waals surface area (Å²) in [6.45, 7) is 3.87. The van der Waals surface area contributed by atoms with Gasteiger partial charge in [-0.25, -0.2) is 4.39 Å². The van der Waals surface area contributed by atoms with E-state index in [1.54, 1.807) is 31.3 Å². The Morgan fingerprint density at radius 1 is 1.00 bits per heavy atom. The molecule has 9 heteroatoms. The van der Waals surface area contributed by atoms with Crippen LogP contribution in [0.25, 0.3) is 11.1 Å². The van der Waals surface area contributed by atoms with Gasteiger partial charge in [-0.15, -0.1) is 4.31 Å². The summed E-state index contributed by atoms with van der Waals surface area (Å²) in [5.74, 6) is -0.925. The van der Waals surface area contributed by atoms with E-state index in [0.29, 0.717) is 10.5 Å². The summed E-state index contributed by atoms with van der Waals surface area (Å²) < 4.78 is 66.1. The molecule has 35 heavy (non-hydrogen) atoms. The molecule has 3 aromatic carbocycles. The van der Waals surface area contributed by atoms with Crippen molar-refractivity contribution < 1.29 is 26.9 Å². The van der Waals surface area contributed by atoms with Gasteiger partial charge in [-0.3, -0.25) is 4.79 Å². The second-order valence-corrected chi connectivity index (χ2v) is 9.98. The summed E-state index contributed by atoms with van der Waals surface area (Å²) in [5, 5.41) is 2.86. The summed E-state index contributed by atoms with van der Waals surface area (Å²) in [7, 11) is 1.58. The molecule has 3 aromatic rings. The number of halogens is 4. The maximum absolute atomic E-state index is 13.2. The Morgan fingerprint density at radius 3 is 2.20 bits per heavy atom. The molecule has 3 rings (SSSR count).